The standard InChI is InChI=1S/C15H22N4O2S/c1-7-10-16-8-9(22-10)11(20)18-15(5,6)12-17-13(21-19-12)14(2,3)4/h8H,7H2,1-6H3,(H,18,20). The Morgan fingerprint density at radius 3 is 2.50 bits per heavy atom. The molecule has 7 heteroatoms. The van der Waals surface area contributed by atoms with E-state index >= 15 is 0 Å². The Balaban J connectivity index is 2.16. The molecule has 0 fully saturated rings. The van der Waals surface area contributed by atoms with Crippen LogP contribution in [0.1, 0.15) is 67.9 Å². The molecule has 0 saturated carbocycles. The zero-order valence-electron chi connectivity index (χ0n) is 13.9. The van der Waals surface area contributed by atoms with Gasteiger partial charge < -0.3 is 9.84 Å². The van der Waals surface area contributed by atoms with Gasteiger partial charge in [0.15, 0.2) is 5.82 Å². The lowest BCUT2D eigenvalue weighted by Crippen LogP contribution is -2.41. The number of carbonyl (C=O) groups is 1. The molecule has 1 amide bonds. The fourth-order valence-electron chi connectivity index (χ4n) is 1.76. The summed E-state index contributed by atoms with van der Waals surface area (Å²) in [5.74, 6) is 0.839. The second kappa shape index (κ2) is 5.79. The van der Waals surface area contributed by atoms with Gasteiger partial charge in [-0.2, -0.15) is 4.98 Å². The van der Waals surface area contributed by atoms with E-state index in [-0.39, 0.29) is 11.3 Å². The minimum Gasteiger partial charge on any atom is -0.339 e. The van der Waals surface area contributed by atoms with Crippen LogP contribution in [-0.2, 0) is 17.4 Å². The van der Waals surface area contributed by atoms with Crippen LogP contribution >= 0.6 is 11.3 Å². The van der Waals surface area contributed by atoms with Crippen LogP contribution in [0, 0.1) is 0 Å². The average molecular weight is 322 g/mol. The van der Waals surface area contributed by atoms with Crippen molar-refractivity contribution >= 4 is 17.2 Å². The highest BCUT2D eigenvalue weighted by molar-refractivity contribution is 7.13. The summed E-state index contributed by atoms with van der Waals surface area (Å²) in [5.41, 5.74) is -0.945. The molecule has 2 aromatic heterocycles. The summed E-state index contributed by atoms with van der Waals surface area (Å²) in [6.45, 7) is 11.7. The molecule has 6 nitrogen and oxygen atoms in total. The third-order valence-corrected chi connectivity index (χ3v) is 4.27. The highest BCUT2D eigenvalue weighted by atomic mass is 32.1. The lowest BCUT2D eigenvalue weighted by atomic mass is 9.97. The number of hydrogen-bond acceptors (Lipinski definition) is 6. The van der Waals surface area contributed by atoms with Crippen LogP contribution in [0.15, 0.2) is 10.7 Å². The molecule has 0 aliphatic rings. The third-order valence-electron chi connectivity index (χ3n) is 3.13. The highest BCUT2D eigenvalue weighted by Gasteiger charge is 2.32. The molecule has 22 heavy (non-hydrogen) atoms. The van der Waals surface area contributed by atoms with Gasteiger partial charge in [-0.25, -0.2) is 4.98 Å². The Hall–Kier alpha value is -1.76. The molecule has 0 aliphatic heterocycles. The van der Waals surface area contributed by atoms with Crippen molar-refractivity contribution in [2.24, 2.45) is 0 Å². The quantitative estimate of drug-likeness (QED) is 0.935. The minimum absolute atomic E-state index is 0.177. The second-order valence-electron chi connectivity index (χ2n) is 6.72. The zero-order valence-corrected chi connectivity index (χ0v) is 14.7. The summed E-state index contributed by atoms with van der Waals surface area (Å²) in [7, 11) is 0. The van der Waals surface area contributed by atoms with E-state index in [1.165, 1.54) is 11.3 Å². The number of nitrogens with one attached hydrogen (secondary N) is 1. The Kier molecular flexibility index (Phi) is 4.37. The van der Waals surface area contributed by atoms with Crippen LogP contribution in [0.25, 0.3) is 0 Å². The monoisotopic (exact) mass is 322 g/mol. The fourth-order valence-corrected chi connectivity index (χ4v) is 2.51. The van der Waals surface area contributed by atoms with Crippen molar-refractivity contribution in [1.82, 2.24) is 20.4 Å². The van der Waals surface area contributed by atoms with Gasteiger partial charge in [-0.1, -0.05) is 32.9 Å². The summed E-state index contributed by atoms with van der Waals surface area (Å²) in [4.78, 5) is 21.5. The first-order valence-corrected chi connectivity index (χ1v) is 8.07. The van der Waals surface area contributed by atoms with Crippen LogP contribution < -0.4 is 5.32 Å². The number of nitrogens with zero attached hydrogens (tertiary/aromatic N) is 3. The maximum absolute atomic E-state index is 12.3. The Morgan fingerprint density at radius 1 is 1.32 bits per heavy atom. The molecule has 0 saturated heterocycles. The van der Waals surface area contributed by atoms with Crippen LogP contribution in [0.4, 0.5) is 0 Å². The zero-order chi connectivity index (χ0) is 16.5. The van der Waals surface area contributed by atoms with Crippen LogP contribution in [0.2, 0.25) is 0 Å². The van der Waals surface area contributed by atoms with Crippen molar-refractivity contribution in [3.8, 4) is 0 Å². The van der Waals surface area contributed by atoms with E-state index in [1.54, 1.807) is 6.20 Å². The SMILES string of the molecule is CCc1ncc(C(=O)NC(C)(C)c2noc(C(C)(C)C)n2)s1. The number of amides is 1. The van der Waals surface area contributed by atoms with Crippen molar-refractivity contribution in [3.05, 3.63) is 27.8 Å². The van der Waals surface area contributed by atoms with Gasteiger partial charge in [0.25, 0.3) is 5.91 Å². The Morgan fingerprint density at radius 2 is 2.00 bits per heavy atom. The van der Waals surface area contributed by atoms with E-state index in [2.05, 4.69) is 20.4 Å². The first-order chi connectivity index (χ1) is 10.1. The molecule has 120 valence electrons. The van der Waals surface area contributed by atoms with Gasteiger partial charge in [0, 0.05) is 5.41 Å². The third kappa shape index (κ3) is 3.52. The van der Waals surface area contributed by atoms with Gasteiger partial charge in [0.05, 0.1) is 16.7 Å². The highest BCUT2D eigenvalue weighted by Crippen LogP contribution is 2.24. The second-order valence-corrected chi connectivity index (χ2v) is 7.84. The topological polar surface area (TPSA) is 80.9 Å². The predicted molar refractivity (Wildman–Crippen MR) is 85.0 cm³/mol. The first-order valence-electron chi connectivity index (χ1n) is 7.25. The van der Waals surface area contributed by atoms with E-state index in [0.29, 0.717) is 16.6 Å². The summed E-state index contributed by atoms with van der Waals surface area (Å²) in [5, 5.41) is 7.89. The maximum Gasteiger partial charge on any atom is 0.263 e. The van der Waals surface area contributed by atoms with Gasteiger partial charge >= 0.3 is 0 Å². The molecule has 2 rings (SSSR count). The molecule has 0 aliphatic carbocycles. The molecule has 0 radical (unpaired) electrons. The number of hydrogen-bond donors (Lipinski definition) is 1. The number of carbonyl (C=O) groups excluding carboxylic acids is 1. The van der Waals surface area contributed by atoms with Crippen molar-refractivity contribution in [3.63, 3.8) is 0 Å². The number of rotatable bonds is 4. The van der Waals surface area contributed by atoms with E-state index in [4.69, 9.17) is 4.52 Å². The first kappa shape index (κ1) is 16.6. The molecule has 0 unspecified atom stereocenters. The van der Waals surface area contributed by atoms with E-state index < -0.39 is 5.54 Å². The smallest absolute Gasteiger partial charge is 0.263 e. The molecular weight excluding hydrogens is 300 g/mol. The van der Waals surface area contributed by atoms with Crippen LogP contribution in [-0.4, -0.2) is 21.0 Å². The van der Waals surface area contributed by atoms with E-state index in [9.17, 15) is 4.79 Å². The fraction of sp³-hybridized carbons (Fsp3) is 0.600. The lowest BCUT2D eigenvalue weighted by Gasteiger charge is -2.21. The molecular formula is C15H22N4O2S. The van der Waals surface area contributed by atoms with Crippen molar-refractivity contribution in [2.45, 2.75) is 58.9 Å². The van der Waals surface area contributed by atoms with E-state index in [0.717, 1.165) is 11.4 Å². The van der Waals surface area contributed by atoms with Crippen LogP contribution in [0.3, 0.4) is 0 Å². The molecule has 0 atom stereocenters. The van der Waals surface area contributed by atoms with Crippen molar-refractivity contribution < 1.29 is 9.32 Å². The summed E-state index contributed by atoms with van der Waals surface area (Å²) >= 11 is 1.40. The molecule has 0 bridgehead atoms. The predicted octanol–water partition coefficient (Wildman–Crippen LogP) is 3.05. The normalized spacial score (nSPS) is 12.5. The van der Waals surface area contributed by atoms with Crippen molar-refractivity contribution in [1.29, 1.82) is 0 Å². The molecule has 0 spiro atoms. The number of thiazole rings is 1. The Labute approximate surface area is 134 Å². The summed E-state index contributed by atoms with van der Waals surface area (Å²) in [6.07, 6.45) is 2.42. The summed E-state index contributed by atoms with van der Waals surface area (Å²) < 4.78 is 5.30. The van der Waals surface area contributed by atoms with Gasteiger partial charge in [-0.05, 0) is 20.3 Å². The van der Waals surface area contributed by atoms with Gasteiger partial charge in [0.1, 0.15) is 4.88 Å². The molecule has 1 N–H and O–H groups in total. The Bertz CT molecular complexity index is 667. The average Bonchev–Trinajstić information content (AvgIpc) is 3.07. The molecule has 2 heterocycles. The summed E-state index contributed by atoms with van der Waals surface area (Å²) in [6, 6.07) is 0. The van der Waals surface area contributed by atoms with Crippen molar-refractivity contribution in [2.75, 3.05) is 0 Å². The minimum atomic E-state index is -0.722. The van der Waals surface area contributed by atoms with E-state index in [1.807, 2.05) is 41.5 Å². The lowest BCUT2D eigenvalue weighted by molar-refractivity contribution is 0.0911. The van der Waals surface area contributed by atoms with Gasteiger partial charge in [-0.15, -0.1) is 11.3 Å². The largest absolute Gasteiger partial charge is 0.339 e. The molecule has 0 aromatic carbocycles. The van der Waals surface area contributed by atoms with Gasteiger partial charge in [-0.3, -0.25) is 4.79 Å². The van der Waals surface area contributed by atoms with Gasteiger partial charge in [0.2, 0.25) is 5.89 Å². The maximum atomic E-state index is 12.3. The van der Waals surface area contributed by atoms with Crippen LogP contribution in [0.5, 0.6) is 0 Å². The molecule has 2 aromatic rings. The number of aromatic nitrogens is 3. The number of aryl methyl sites for hydroxylation is 1.